The summed E-state index contributed by atoms with van der Waals surface area (Å²) in [5, 5.41) is 1.14. The lowest BCUT2D eigenvalue weighted by atomic mass is 10.1. The highest BCUT2D eigenvalue weighted by Gasteiger charge is 2.12. The topological polar surface area (TPSA) is 113 Å². The lowest BCUT2D eigenvalue weighted by Gasteiger charge is -2.07. The highest BCUT2D eigenvalue weighted by molar-refractivity contribution is 5.93. The van der Waals surface area contributed by atoms with Crippen LogP contribution in [0, 0.1) is 0 Å². The van der Waals surface area contributed by atoms with Gasteiger partial charge in [-0.15, -0.1) is 0 Å². The molecule has 27 heavy (non-hydrogen) atoms. The molecule has 0 aliphatic rings. The fraction of sp³-hybridized carbons (Fsp3) is 0.211. The van der Waals surface area contributed by atoms with Crippen molar-refractivity contribution in [2.75, 3.05) is 6.61 Å². The molecule has 3 N–H and O–H groups in total. The number of para-hydroxylation sites is 1. The van der Waals surface area contributed by atoms with Crippen LogP contribution in [0.3, 0.4) is 0 Å². The largest absolute Gasteiger partial charge is 0.459 e. The Labute approximate surface area is 154 Å². The highest BCUT2D eigenvalue weighted by atomic mass is 16.5. The van der Waals surface area contributed by atoms with Gasteiger partial charge in [-0.25, -0.2) is 0 Å². The van der Waals surface area contributed by atoms with Crippen molar-refractivity contribution in [3.63, 3.8) is 0 Å². The molecular formula is C19H19N3O5. The third kappa shape index (κ3) is 4.97. The van der Waals surface area contributed by atoms with E-state index < -0.39 is 24.4 Å². The van der Waals surface area contributed by atoms with E-state index in [1.807, 2.05) is 30.5 Å². The van der Waals surface area contributed by atoms with Crippen molar-refractivity contribution in [3.8, 4) is 0 Å². The van der Waals surface area contributed by atoms with Gasteiger partial charge in [0.2, 0.25) is 0 Å². The Morgan fingerprint density at radius 2 is 1.93 bits per heavy atom. The summed E-state index contributed by atoms with van der Waals surface area (Å²) in [6.07, 6.45) is 4.81. The average Bonchev–Trinajstić information content (AvgIpc) is 3.35. The maximum Gasteiger partial charge on any atom is 0.306 e. The van der Waals surface area contributed by atoms with Crippen LogP contribution < -0.4 is 10.9 Å². The van der Waals surface area contributed by atoms with E-state index in [2.05, 4.69) is 15.8 Å². The highest BCUT2D eigenvalue weighted by Crippen LogP contribution is 2.19. The molecule has 8 nitrogen and oxygen atoms in total. The Morgan fingerprint density at radius 1 is 1.07 bits per heavy atom. The molecule has 3 aromatic rings. The molecule has 140 valence electrons. The zero-order chi connectivity index (χ0) is 19.1. The first-order valence-corrected chi connectivity index (χ1v) is 8.47. The Hall–Kier alpha value is -3.55. The quantitative estimate of drug-likeness (QED) is 0.436. The number of fused-ring (bicyclic) bond motifs is 1. The Bertz CT molecular complexity index is 930. The summed E-state index contributed by atoms with van der Waals surface area (Å²) in [7, 11) is 0. The molecule has 0 unspecified atom stereocenters. The van der Waals surface area contributed by atoms with Crippen LogP contribution in [0.2, 0.25) is 0 Å². The molecule has 2 heterocycles. The molecule has 3 rings (SSSR count). The summed E-state index contributed by atoms with van der Waals surface area (Å²) in [5.41, 5.74) is 6.50. The Balaban J connectivity index is 1.33. The molecule has 0 spiro atoms. The van der Waals surface area contributed by atoms with Crippen molar-refractivity contribution >= 4 is 28.7 Å². The first-order valence-electron chi connectivity index (χ1n) is 8.47. The minimum absolute atomic E-state index is 0.0598. The van der Waals surface area contributed by atoms with Gasteiger partial charge in [0.1, 0.15) is 0 Å². The van der Waals surface area contributed by atoms with Crippen LogP contribution in [-0.2, 0) is 20.7 Å². The normalized spacial score (nSPS) is 10.5. The summed E-state index contributed by atoms with van der Waals surface area (Å²) < 4.78 is 9.78. The number of H-pyrrole nitrogens is 1. The second-order valence-electron chi connectivity index (χ2n) is 5.85. The van der Waals surface area contributed by atoms with Crippen LogP contribution in [0.4, 0.5) is 0 Å². The third-order valence-electron chi connectivity index (χ3n) is 3.93. The maximum absolute atomic E-state index is 11.8. The maximum atomic E-state index is 11.8. The molecule has 2 amide bonds. The Morgan fingerprint density at radius 3 is 2.74 bits per heavy atom. The number of ether oxygens (including phenoxy) is 1. The summed E-state index contributed by atoms with van der Waals surface area (Å²) in [4.78, 5) is 38.1. The van der Waals surface area contributed by atoms with Crippen LogP contribution in [0.25, 0.3) is 10.9 Å². The number of amides is 2. The van der Waals surface area contributed by atoms with Gasteiger partial charge in [-0.2, -0.15) is 0 Å². The van der Waals surface area contributed by atoms with Crippen molar-refractivity contribution in [1.82, 2.24) is 15.8 Å². The van der Waals surface area contributed by atoms with E-state index in [1.165, 1.54) is 12.3 Å². The van der Waals surface area contributed by atoms with Gasteiger partial charge >= 0.3 is 11.9 Å². The number of benzene rings is 1. The van der Waals surface area contributed by atoms with E-state index in [4.69, 9.17) is 9.15 Å². The standard InChI is InChI=1S/C19H19N3O5/c23-17(21-22-19(25)16-8-4-10-26-16)12-27-18(24)9-3-5-13-11-20-15-7-2-1-6-14(13)15/h1-2,4,6-8,10-11,20H,3,5,9,12H2,(H,21,23)(H,22,25). The smallest absolute Gasteiger partial charge is 0.306 e. The van der Waals surface area contributed by atoms with E-state index in [9.17, 15) is 14.4 Å². The number of hydrogen-bond donors (Lipinski definition) is 3. The van der Waals surface area contributed by atoms with E-state index in [-0.39, 0.29) is 12.2 Å². The number of rotatable bonds is 7. The minimum atomic E-state index is -0.639. The van der Waals surface area contributed by atoms with E-state index in [0.717, 1.165) is 22.9 Å². The van der Waals surface area contributed by atoms with Gasteiger partial charge in [-0.3, -0.25) is 25.2 Å². The zero-order valence-corrected chi connectivity index (χ0v) is 14.5. The van der Waals surface area contributed by atoms with Gasteiger partial charge in [-0.05, 0) is 36.6 Å². The van der Waals surface area contributed by atoms with Gasteiger partial charge in [0.25, 0.3) is 5.91 Å². The monoisotopic (exact) mass is 369 g/mol. The second-order valence-corrected chi connectivity index (χ2v) is 5.85. The number of carbonyl (C=O) groups is 3. The molecule has 0 radical (unpaired) electrons. The summed E-state index contributed by atoms with van der Waals surface area (Å²) in [6.45, 7) is -0.468. The van der Waals surface area contributed by atoms with Crippen molar-refractivity contribution in [2.45, 2.75) is 19.3 Å². The lowest BCUT2D eigenvalue weighted by molar-refractivity contribution is -0.148. The van der Waals surface area contributed by atoms with Crippen LogP contribution in [0.15, 0.2) is 53.3 Å². The predicted octanol–water partition coefficient (Wildman–Crippen LogP) is 2.09. The number of hydrazine groups is 1. The molecular weight excluding hydrogens is 350 g/mol. The molecule has 0 saturated carbocycles. The molecule has 0 bridgehead atoms. The summed E-state index contributed by atoms with van der Waals surface area (Å²) in [6, 6.07) is 11.0. The van der Waals surface area contributed by atoms with E-state index in [0.29, 0.717) is 6.42 Å². The van der Waals surface area contributed by atoms with Crippen molar-refractivity contribution in [3.05, 3.63) is 60.2 Å². The SMILES string of the molecule is O=C(COC(=O)CCCc1c[nH]c2ccccc12)NNC(=O)c1ccco1. The van der Waals surface area contributed by atoms with Gasteiger partial charge in [-0.1, -0.05) is 18.2 Å². The first-order chi connectivity index (χ1) is 13.1. The molecule has 0 saturated heterocycles. The van der Waals surface area contributed by atoms with E-state index in [1.54, 1.807) is 6.07 Å². The van der Waals surface area contributed by atoms with Crippen LogP contribution >= 0.6 is 0 Å². The lowest BCUT2D eigenvalue weighted by Crippen LogP contribution is -2.43. The predicted molar refractivity (Wildman–Crippen MR) is 96.5 cm³/mol. The molecule has 2 aromatic heterocycles. The van der Waals surface area contributed by atoms with Crippen molar-refractivity contribution in [2.24, 2.45) is 0 Å². The number of aryl methyl sites for hydroxylation is 1. The number of hydrogen-bond acceptors (Lipinski definition) is 5. The second kappa shape index (κ2) is 8.70. The Kier molecular flexibility index (Phi) is 5.88. The number of carbonyl (C=O) groups excluding carboxylic acids is 3. The van der Waals surface area contributed by atoms with Crippen molar-refractivity contribution in [1.29, 1.82) is 0 Å². The number of furan rings is 1. The fourth-order valence-electron chi connectivity index (χ4n) is 2.61. The van der Waals surface area contributed by atoms with Crippen molar-refractivity contribution < 1.29 is 23.5 Å². The summed E-state index contributed by atoms with van der Waals surface area (Å²) >= 11 is 0. The third-order valence-corrected chi connectivity index (χ3v) is 3.93. The van der Waals surface area contributed by atoms with Gasteiger partial charge in [0.05, 0.1) is 6.26 Å². The molecule has 0 fully saturated rings. The first kappa shape index (κ1) is 18.2. The molecule has 0 aliphatic heterocycles. The number of esters is 1. The number of nitrogens with one attached hydrogen (secondary N) is 3. The van der Waals surface area contributed by atoms with Crippen LogP contribution in [0.1, 0.15) is 29.0 Å². The number of aromatic nitrogens is 1. The molecule has 8 heteroatoms. The minimum Gasteiger partial charge on any atom is -0.459 e. The molecule has 0 aliphatic carbocycles. The molecule has 0 atom stereocenters. The average molecular weight is 369 g/mol. The van der Waals surface area contributed by atoms with Gasteiger partial charge < -0.3 is 14.1 Å². The van der Waals surface area contributed by atoms with Crippen LogP contribution in [-0.4, -0.2) is 29.4 Å². The van der Waals surface area contributed by atoms with Crippen LogP contribution in [0.5, 0.6) is 0 Å². The van der Waals surface area contributed by atoms with Gasteiger partial charge in [0, 0.05) is 23.5 Å². The van der Waals surface area contributed by atoms with Gasteiger partial charge in [0.15, 0.2) is 12.4 Å². The number of aromatic amines is 1. The molecule has 1 aromatic carbocycles. The fourth-order valence-corrected chi connectivity index (χ4v) is 2.61. The van der Waals surface area contributed by atoms with E-state index >= 15 is 0 Å². The zero-order valence-electron chi connectivity index (χ0n) is 14.5. The summed E-state index contributed by atoms with van der Waals surface area (Å²) in [5.74, 6) is -1.65.